The van der Waals surface area contributed by atoms with Gasteiger partial charge < -0.3 is 15.4 Å². The van der Waals surface area contributed by atoms with Crippen molar-refractivity contribution in [3.63, 3.8) is 0 Å². The highest BCUT2D eigenvalue weighted by Gasteiger charge is 2.09. The van der Waals surface area contributed by atoms with Gasteiger partial charge in [-0.05, 0) is 31.5 Å². The van der Waals surface area contributed by atoms with Gasteiger partial charge in [0.05, 0.1) is 0 Å². The summed E-state index contributed by atoms with van der Waals surface area (Å²) in [6.07, 6.45) is 1.50. The van der Waals surface area contributed by atoms with Crippen LogP contribution in [0.1, 0.15) is 25.0 Å². The van der Waals surface area contributed by atoms with Gasteiger partial charge in [-0.1, -0.05) is 30.3 Å². The van der Waals surface area contributed by atoms with Crippen LogP contribution in [0.25, 0.3) is 0 Å². The van der Waals surface area contributed by atoms with Gasteiger partial charge in [-0.25, -0.2) is 4.99 Å². The summed E-state index contributed by atoms with van der Waals surface area (Å²) >= 11 is 0. The molecular formula is C22H23N5O. The minimum atomic E-state index is -0.217. The van der Waals surface area contributed by atoms with Crippen molar-refractivity contribution >= 4 is 11.9 Å². The van der Waals surface area contributed by atoms with Gasteiger partial charge in [-0.3, -0.25) is 0 Å². The largest absolute Gasteiger partial charge is 0.488 e. The van der Waals surface area contributed by atoms with E-state index in [0.29, 0.717) is 17.9 Å². The zero-order valence-corrected chi connectivity index (χ0v) is 16.1. The third kappa shape index (κ3) is 5.36. The second-order valence-electron chi connectivity index (χ2n) is 5.91. The van der Waals surface area contributed by atoms with Gasteiger partial charge in [0.2, 0.25) is 0 Å². The molecule has 6 nitrogen and oxygen atoms in total. The van der Waals surface area contributed by atoms with Crippen LogP contribution in [0.4, 0.5) is 5.69 Å². The molecule has 0 atom stereocenters. The summed E-state index contributed by atoms with van der Waals surface area (Å²) in [6, 6.07) is 19.3. The highest BCUT2D eigenvalue weighted by Crippen LogP contribution is 2.26. The minimum Gasteiger partial charge on any atom is -0.488 e. The van der Waals surface area contributed by atoms with Crippen LogP contribution in [0.15, 0.2) is 64.9 Å². The Hall–Kier alpha value is -3.77. The van der Waals surface area contributed by atoms with Crippen LogP contribution in [0.2, 0.25) is 0 Å². The number of allylic oxidation sites excluding steroid dienone is 2. The van der Waals surface area contributed by atoms with Crippen molar-refractivity contribution in [1.29, 1.82) is 10.5 Å². The predicted molar refractivity (Wildman–Crippen MR) is 111 cm³/mol. The minimum absolute atomic E-state index is 0.121. The van der Waals surface area contributed by atoms with E-state index in [1.807, 2.05) is 54.6 Å². The predicted octanol–water partition coefficient (Wildman–Crippen LogP) is 3.75. The second-order valence-corrected chi connectivity index (χ2v) is 5.91. The average molecular weight is 373 g/mol. The summed E-state index contributed by atoms with van der Waals surface area (Å²) in [5.41, 5.74) is 7.96. The number of ether oxygens (including phenoxy) is 1. The average Bonchev–Trinajstić information content (AvgIpc) is 2.74. The summed E-state index contributed by atoms with van der Waals surface area (Å²) in [7, 11) is 0. The van der Waals surface area contributed by atoms with Gasteiger partial charge in [0.15, 0.2) is 5.70 Å². The molecule has 0 amide bonds. The molecule has 2 aromatic carbocycles. The molecule has 0 bridgehead atoms. The fraction of sp³-hybridized carbons (Fsp3) is 0.227. The topological polar surface area (TPSA) is 98.4 Å². The first-order chi connectivity index (χ1) is 13.6. The van der Waals surface area contributed by atoms with Crippen molar-refractivity contribution in [1.82, 2.24) is 0 Å². The van der Waals surface area contributed by atoms with Gasteiger partial charge >= 0.3 is 0 Å². The lowest BCUT2D eigenvalue weighted by molar-refractivity contribution is 0.306. The normalized spacial score (nSPS) is 11.4. The highest BCUT2D eigenvalue weighted by atomic mass is 16.5. The maximum absolute atomic E-state index is 9.12. The molecule has 142 valence electrons. The van der Waals surface area contributed by atoms with Crippen LogP contribution in [-0.2, 0) is 6.61 Å². The monoisotopic (exact) mass is 373 g/mol. The molecule has 6 heteroatoms. The first kappa shape index (κ1) is 20.5. The highest BCUT2D eigenvalue weighted by molar-refractivity contribution is 5.85. The van der Waals surface area contributed by atoms with Crippen LogP contribution in [0.5, 0.6) is 5.75 Å². The Balaban J connectivity index is 2.37. The molecule has 2 aromatic rings. The van der Waals surface area contributed by atoms with Gasteiger partial charge in [-0.2, -0.15) is 10.5 Å². The summed E-state index contributed by atoms with van der Waals surface area (Å²) in [6.45, 7) is 6.35. The van der Waals surface area contributed by atoms with Crippen LogP contribution < -0.4 is 15.4 Å². The van der Waals surface area contributed by atoms with Gasteiger partial charge in [0, 0.05) is 36.6 Å². The van der Waals surface area contributed by atoms with E-state index in [1.165, 1.54) is 6.21 Å². The van der Waals surface area contributed by atoms with Crippen molar-refractivity contribution in [2.45, 2.75) is 20.5 Å². The Morgan fingerprint density at radius 3 is 2.43 bits per heavy atom. The van der Waals surface area contributed by atoms with E-state index in [9.17, 15) is 0 Å². The molecule has 0 unspecified atom stereocenters. The molecule has 0 aromatic heterocycles. The third-order valence-corrected chi connectivity index (χ3v) is 4.18. The molecule has 0 aliphatic rings. The maximum atomic E-state index is 9.12. The SMILES string of the molecule is CCN(CC)c1ccc(C=N/C(C#N)=C(\N)C#N)c(OCc2ccccc2)c1. The number of hydrogen-bond acceptors (Lipinski definition) is 6. The molecule has 0 spiro atoms. The number of nitriles is 2. The standard InChI is InChI=1S/C22H23N5O/c1-3-27(4-2)19-11-10-18(15-26-21(14-24)20(25)13-23)22(12-19)28-16-17-8-6-5-7-9-17/h5-12,15H,3-4,16,25H2,1-2H3/b21-20-,26-15?. The van der Waals surface area contributed by atoms with E-state index in [1.54, 1.807) is 6.07 Å². The number of aliphatic imine (C=N–C) groups is 1. The lowest BCUT2D eigenvalue weighted by Gasteiger charge is -2.22. The summed E-state index contributed by atoms with van der Waals surface area (Å²) in [5, 5.41) is 18.0. The number of benzene rings is 2. The van der Waals surface area contributed by atoms with Crippen LogP contribution >= 0.6 is 0 Å². The summed E-state index contributed by atoms with van der Waals surface area (Å²) < 4.78 is 6.04. The van der Waals surface area contributed by atoms with Crippen LogP contribution in [0.3, 0.4) is 0 Å². The van der Waals surface area contributed by atoms with E-state index in [4.69, 9.17) is 21.0 Å². The fourth-order valence-corrected chi connectivity index (χ4v) is 2.62. The van der Waals surface area contributed by atoms with Gasteiger partial charge in [0.1, 0.15) is 30.2 Å². The molecule has 0 aliphatic carbocycles. The zero-order chi connectivity index (χ0) is 20.4. The number of nitrogens with two attached hydrogens (primary N) is 1. The maximum Gasteiger partial charge on any atom is 0.174 e. The van der Waals surface area contributed by atoms with E-state index in [0.717, 1.165) is 24.3 Å². The Labute approximate surface area is 165 Å². The third-order valence-electron chi connectivity index (χ3n) is 4.18. The first-order valence-electron chi connectivity index (χ1n) is 9.02. The number of hydrogen-bond donors (Lipinski definition) is 1. The summed E-state index contributed by atoms with van der Waals surface area (Å²) in [4.78, 5) is 6.28. The summed E-state index contributed by atoms with van der Waals surface area (Å²) in [5.74, 6) is 0.643. The molecule has 0 saturated heterocycles. The molecule has 0 radical (unpaired) electrons. The lowest BCUT2D eigenvalue weighted by Crippen LogP contribution is -2.21. The lowest BCUT2D eigenvalue weighted by atomic mass is 10.1. The van der Waals surface area contributed by atoms with E-state index >= 15 is 0 Å². The Kier molecular flexibility index (Phi) is 7.63. The first-order valence-corrected chi connectivity index (χ1v) is 9.02. The Morgan fingerprint density at radius 2 is 1.82 bits per heavy atom. The van der Waals surface area contributed by atoms with Crippen LogP contribution in [0, 0.1) is 22.7 Å². The Morgan fingerprint density at radius 1 is 1.11 bits per heavy atom. The fourth-order valence-electron chi connectivity index (χ4n) is 2.62. The Bertz CT molecular complexity index is 932. The smallest absolute Gasteiger partial charge is 0.174 e. The van der Waals surface area contributed by atoms with Crippen molar-refractivity contribution in [2.75, 3.05) is 18.0 Å². The molecule has 2 N–H and O–H groups in total. The zero-order valence-electron chi connectivity index (χ0n) is 16.1. The molecule has 0 saturated carbocycles. The number of rotatable bonds is 8. The van der Waals surface area contributed by atoms with Crippen molar-refractivity contribution in [3.05, 3.63) is 71.1 Å². The van der Waals surface area contributed by atoms with E-state index in [2.05, 4.69) is 23.7 Å². The van der Waals surface area contributed by atoms with E-state index < -0.39 is 0 Å². The number of nitrogens with zero attached hydrogens (tertiary/aromatic N) is 4. The van der Waals surface area contributed by atoms with Crippen molar-refractivity contribution in [3.8, 4) is 17.9 Å². The number of anilines is 1. The van der Waals surface area contributed by atoms with Crippen molar-refractivity contribution in [2.24, 2.45) is 10.7 Å². The van der Waals surface area contributed by atoms with Crippen molar-refractivity contribution < 1.29 is 4.74 Å². The molecule has 0 fully saturated rings. The molecule has 0 heterocycles. The van der Waals surface area contributed by atoms with Crippen LogP contribution in [-0.4, -0.2) is 19.3 Å². The molecule has 0 aliphatic heterocycles. The molecular weight excluding hydrogens is 350 g/mol. The van der Waals surface area contributed by atoms with E-state index in [-0.39, 0.29) is 11.4 Å². The molecule has 2 rings (SSSR count). The second kappa shape index (κ2) is 10.4. The van der Waals surface area contributed by atoms with Gasteiger partial charge in [-0.15, -0.1) is 0 Å². The quantitative estimate of drug-likeness (QED) is 0.561. The van der Waals surface area contributed by atoms with Gasteiger partial charge in [0.25, 0.3) is 0 Å². The molecule has 28 heavy (non-hydrogen) atoms.